The molecule has 126 valence electrons. The molecule has 0 aliphatic carbocycles. The van der Waals surface area contributed by atoms with Gasteiger partial charge in [0.05, 0.1) is 5.56 Å². The number of carbonyl (C=O) groups is 1. The van der Waals surface area contributed by atoms with Crippen molar-refractivity contribution in [2.24, 2.45) is 0 Å². The van der Waals surface area contributed by atoms with Crippen LogP contribution < -0.4 is 0 Å². The van der Waals surface area contributed by atoms with Crippen molar-refractivity contribution in [2.75, 3.05) is 6.54 Å². The van der Waals surface area contributed by atoms with Crippen molar-refractivity contribution in [1.82, 2.24) is 9.88 Å². The van der Waals surface area contributed by atoms with Gasteiger partial charge < -0.3 is 9.88 Å². The van der Waals surface area contributed by atoms with E-state index in [2.05, 4.69) is 4.98 Å². The molecule has 0 saturated carbocycles. The second-order valence-electron chi connectivity index (χ2n) is 5.87. The third-order valence-electron chi connectivity index (χ3n) is 4.37. The van der Waals surface area contributed by atoms with Crippen LogP contribution in [0.4, 0.5) is 13.2 Å². The monoisotopic (exact) mass is 342 g/mol. The zero-order valence-corrected chi connectivity index (χ0v) is 13.0. The molecule has 25 heavy (non-hydrogen) atoms. The number of halogens is 3. The lowest BCUT2D eigenvalue weighted by Gasteiger charge is -2.17. The molecule has 0 atom stereocenters. The van der Waals surface area contributed by atoms with Crippen LogP contribution in [-0.4, -0.2) is 22.3 Å². The molecule has 1 aliphatic heterocycles. The predicted molar refractivity (Wildman–Crippen MR) is 88.4 cm³/mol. The van der Waals surface area contributed by atoms with Gasteiger partial charge in [-0.05, 0) is 48.4 Å². The van der Waals surface area contributed by atoms with Crippen LogP contribution in [0.25, 0.3) is 17.0 Å². The first kappa shape index (κ1) is 15.5. The Balaban J connectivity index is 1.68. The molecular formula is C19H13F3N2O. The van der Waals surface area contributed by atoms with E-state index in [1.807, 2.05) is 0 Å². The van der Waals surface area contributed by atoms with Gasteiger partial charge >= 0.3 is 0 Å². The van der Waals surface area contributed by atoms with E-state index in [4.69, 9.17) is 0 Å². The summed E-state index contributed by atoms with van der Waals surface area (Å²) in [5.74, 6) is -3.13. The van der Waals surface area contributed by atoms with Crippen molar-refractivity contribution in [2.45, 2.75) is 6.42 Å². The summed E-state index contributed by atoms with van der Waals surface area (Å²) in [6.07, 6.45) is 3.73. The summed E-state index contributed by atoms with van der Waals surface area (Å²) in [5.41, 5.74) is 2.12. The Morgan fingerprint density at radius 3 is 2.80 bits per heavy atom. The molecule has 0 spiro atoms. The van der Waals surface area contributed by atoms with Crippen LogP contribution in [0.5, 0.6) is 0 Å². The zero-order valence-electron chi connectivity index (χ0n) is 13.0. The van der Waals surface area contributed by atoms with E-state index in [0.717, 1.165) is 22.7 Å². The Morgan fingerprint density at radius 1 is 1.12 bits per heavy atom. The number of hydrogen-bond donors (Lipinski definition) is 1. The first-order valence-corrected chi connectivity index (χ1v) is 7.78. The minimum absolute atomic E-state index is 0.304. The summed E-state index contributed by atoms with van der Waals surface area (Å²) in [6, 6.07) is 8.03. The molecule has 2 heterocycles. The van der Waals surface area contributed by atoms with E-state index in [0.29, 0.717) is 18.5 Å². The van der Waals surface area contributed by atoms with Crippen molar-refractivity contribution < 1.29 is 18.0 Å². The number of nitrogens with one attached hydrogen (secondary N) is 1. The van der Waals surface area contributed by atoms with Gasteiger partial charge in [0.1, 0.15) is 5.82 Å². The third kappa shape index (κ3) is 2.59. The largest absolute Gasteiger partial charge is 0.355 e. The van der Waals surface area contributed by atoms with Crippen LogP contribution in [0.1, 0.15) is 21.6 Å². The summed E-state index contributed by atoms with van der Waals surface area (Å²) in [5, 5.41) is 0.882. The number of benzene rings is 2. The molecule has 0 fully saturated rings. The maximum Gasteiger partial charge on any atom is 0.260 e. The number of fused-ring (bicyclic) bond motifs is 3. The molecule has 0 bridgehead atoms. The number of rotatable bonds is 1. The lowest BCUT2D eigenvalue weighted by molar-refractivity contribution is 0.0819. The fourth-order valence-electron chi connectivity index (χ4n) is 3.12. The van der Waals surface area contributed by atoms with Crippen LogP contribution in [0, 0.1) is 17.5 Å². The van der Waals surface area contributed by atoms with Crippen molar-refractivity contribution in [3.63, 3.8) is 0 Å². The van der Waals surface area contributed by atoms with Crippen molar-refractivity contribution in [3.8, 4) is 0 Å². The van der Waals surface area contributed by atoms with Gasteiger partial charge in [-0.1, -0.05) is 6.07 Å². The van der Waals surface area contributed by atoms with Gasteiger partial charge in [0.15, 0.2) is 11.6 Å². The Hall–Kier alpha value is -3.02. The number of hydrogen-bond acceptors (Lipinski definition) is 1. The summed E-state index contributed by atoms with van der Waals surface area (Å²) < 4.78 is 40.6. The third-order valence-corrected chi connectivity index (χ3v) is 4.37. The van der Waals surface area contributed by atoms with Crippen LogP contribution >= 0.6 is 0 Å². The molecule has 4 rings (SSSR count). The van der Waals surface area contributed by atoms with Crippen LogP contribution in [0.15, 0.2) is 42.6 Å². The van der Waals surface area contributed by atoms with E-state index in [1.54, 1.807) is 12.1 Å². The van der Waals surface area contributed by atoms with Crippen LogP contribution in [0.2, 0.25) is 0 Å². The quantitative estimate of drug-likeness (QED) is 0.705. The van der Waals surface area contributed by atoms with Gasteiger partial charge in [0.2, 0.25) is 0 Å². The molecule has 1 aromatic heterocycles. The molecule has 6 heteroatoms. The van der Waals surface area contributed by atoms with Gasteiger partial charge in [-0.3, -0.25) is 4.79 Å². The van der Waals surface area contributed by atoms with E-state index in [1.165, 1.54) is 35.4 Å². The topological polar surface area (TPSA) is 36.1 Å². The lowest BCUT2D eigenvalue weighted by atomic mass is 10.1. The molecule has 3 nitrogen and oxygen atoms in total. The van der Waals surface area contributed by atoms with Crippen molar-refractivity contribution in [1.29, 1.82) is 0 Å². The maximum atomic E-state index is 13.9. The lowest BCUT2D eigenvalue weighted by Crippen LogP contribution is -2.28. The zero-order chi connectivity index (χ0) is 17.6. The van der Waals surface area contributed by atoms with Gasteiger partial charge in [-0.15, -0.1) is 0 Å². The van der Waals surface area contributed by atoms with Gasteiger partial charge in [-0.25, -0.2) is 13.2 Å². The molecule has 0 saturated heterocycles. The fourth-order valence-corrected chi connectivity index (χ4v) is 3.12. The standard InChI is InChI=1S/C19H13F3N2O/c20-11-4-5-12-13-6-8-24(9-7-16(13)23-17(12)10-11)19(25)14-2-1-3-15(21)18(14)22/h1-5,7,9-10,23H,6,8H2. The smallest absolute Gasteiger partial charge is 0.260 e. The van der Waals surface area contributed by atoms with Crippen molar-refractivity contribution in [3.05, 3.63) is 76.9 Å². The summed E-state index contributed by atoms with van der Waals surface area (Å²) in [4.78, 5) is 17.0. The molecule has 0 unspecified atom stereocenters. The number of nitrogens with zero attached hydrogens (tertiary/aromatic N) is 1. The Kier molecular flexibility index (Phi) is 3.60. The highest BCUT2D eigenvalue weighted by atomic mass is 19.2. The number of H-pyrrole nitrogens is 1. The maximum absolute atomic E-state index is 13.9. The first-order valence-electron chi connectivity index (χ1n) is 7.78. The van der Waals surface area contributed by atoms with Gasteiger partial charge in [-0.2, -0.15) is 0 Å². The number of amides is 1. The highest BCUT2D eigenvalue weighted by Crippen LogP contribution is 2.27. The molecule has 1 N–H and O–H groups in total. The predicted octanol–water partition coefficient (Wildman–Crippen LogP) is 4.25. The van der Waals surface area contributed by atoms with Gasteiger partial charge in [0.25, 0.3) is 5.91 Å². The molecule has 1 amide bonds. The highest BCUT2D eigenvalue weighted by molar-refractivity contribution is 5.96. The van der Waals surface area contributed by atoms with E-state index in [9.17, 15) is 18.0 Å². The fraction of sp³-hybridized carbons (Fsp3) is 0.105. The van der Waals surface area contributed by atoms with Crippen molar-refractivity contribution >= 4 is 22.9 Å². The molecular weight excluding hydrogens is 329 g/mol. The Morgan fingerprint density at radius 2 is 1.96 bits per heavy atom. The average Bonchev–Trinajstić information content (AvgIpc) is 2.79. The number of carbonyl (C=O) groups excluding carboxylic acids is 1. The number of aromatic amines is 1. The highest BCUT2D eigenvalue weighted by Gasteiger charge is 2.22. The molecule has 3 aromatic rings. The van der Waals surface area contributed by atoms with Crippen LogP contribution in [0.3, 0.4) is 0 Å². The van der Waals surface area contributed by atoms with E-state index < -0.39 is 17.5 Å². The van der Waals surface area contributed by atoms with E-state index in [-0.39, 0.29) is 11.4 Å². The summed E-state index contributed by atoms with van der Waals surface area (Å²) in [6.45, 7) is 0.308. The Labute approximate surface area is 141 Å². The normalized spacial score (nSPS) is 13.8. The Bertz CT molecular complexity index is 1020. The van der Waals surface area contributed by atoms with Gasteiger partial charge in [0, 0.05) is 29.3 Å². The SMILES string of the molecule is O=C(c1cccc(F)c1F)N1C=Cc2[nH]c3cc(F)ccc3c2CC1. The molecule has 0 radical (unpaired) electrons. The first-order chi connectivity index (χ1) is 12.0. The summed E-state index contributed by atoms with van der Waals surface area (Å²) >= 11 is 0. The van der Waals surface area contributed by atoms with E-state index >= 15 is 0 Å². The van der Waals surface area contributed by atoms with Crippen LogP contribution in [-0.2, 0) is 6.42 Å². The minimum Gasteiger partial charge on any atom is -0.355 e. The average molecular weight is 342 g/mol. The second kappa shape index (κ2) is 5.81. The minimum atomic E-state index is -1.15. The second-order valence-corrected chi connectivity index (χ2v) is 5.87. The molecule has 2 aromatic carbocycles. The summed E-state index contributed by atoms with van der Waals surface area (Å²) in [7, 11) is 0. The number of aromatic nitrogens is 1. The molecule has 1 aliphatic rings.